The van der Waals surface area contributed by atoms with Crippen LogP contribution in [0.15, 0.2) is 0 Å². The third-order valence-electron chi connectivity index (χ3n) is 2.90. The van der Waals surface area contributed by atoms with Gasteiger partial charge in [-0.05, 0) is 18.8 Å². The van der Waals surface area contributed by atoms with Crippen LogP contribution in [0.5, 0.6) is 0 Å². The van der Waals surface area contributed by atoms with E-state index < -0.39 is 5.97 Å². The summed E-state index contributed by atoms with van der Waals surface area (Å²) in [5.41, 5.74) is 0. The highest BCUT2D eigenvalue weighted by Crippen LogP contribution is 2.08. The molecular weight excluding hydrogens is 262 g/mol. The van der Waals surface area contributed by atoms with Crippen LogP contribution in [0, 0.1) is 5.92 Å². The van der Waals surface area contributed by atoms with Crippen LogP contribution in [0.25, 0.3) is 0 Å². The van der Waals surface area contributed by atoms with Gasteiger partial charge in [-0.1, -0.05) is 6.92 Å². The lowest BCUT2D eigenvalue weighted by Gasteiger charge is -2.12. The van der Waals surface area contributed by atoms with Crippen LogP contribution < -0.4 is 10.6 Å². The van der Waals surface area contributed by atoms with E-state index in [1.54, 1.807) is 14.1 Å². The average molecular weight is 287 g/mol. The molecular formula is C13H25N3O4. The van der Waals surface area contributed by atoms with Crippen LogP contribution in [0.4, 0.5) is 4.79 Å². The number of rotatable bonds is 9. The zero-order valence-corrected chi connectivity index (χ0v) is 12.4. The fourth-order valence-electron chi connectivity index (χ4n) is 1.52. The molecule has 1 unspecified atom stereocenters. The molecule has 0 radical (unpaired) electrons. The van der Waals surface area contributed by atoms with Crippen molar-refractivity contribution in [2.75, 3.05) is 27.2 Å². The monoisotopic (exact) mass is 287 g/mol. The van der Waals surface area contributed by atoms with Crippen molar-refractivity contribution >= 4 is 17.9 Å². The molecule has 0 bridgehead atoms. The first-order chi connectivity index (χ1) is 9.32. The molecule has 0 aromatic carbocycles. The van der Waals surface area contributed by atoms with Gasteiger partial charge in [0.15, 0.2) is 0 Å². The topological polar surface area (TPSA) is 98.7 Å². The number of nitrogens with zero attached hydrogens (tertiary/aromatic N) is 1. The van der Waals surface area contributed by atoms with Crippen LogP contribution >= 0.6 is 0 Å². The van der Waals surface area contributed by atoms with Crippen molar-refractivity contribution in [1.82, 2.24) is 15.5 Å². The summed E-state index contributed by atoms with van der Waals surface area (Å²) in [6.07, 6.45) is 1.77. The molecule has 7 nitrogen and oxygen atoms in total. The number of carbonyl (C=O) groups is 3. The van der Waals surface area contributed by atoms with Gasteiger partial charge in [0.1, 0.15) is 0 Å². The molecule has 0 aromatic rings. The summed E-state index contributed by atoms with van der Waals surface area (Å²) in [7, 11) is 3.34. The van der Waals surface area contributed by atoms with E-state index in [1.165, 1.54) is 4.90 Å². The first-order valence-corrected chi connectivity index (χ1v) is 6.76. The standard InChI is InChI=1S/C13H25N3O4/c1-10(4-5-12(18)19)6-8-14-13(20)15-9-7-11(17)16(2)3/h10H,4-9H2,1-3H3,(H,18,19)(H2,14,15,20). The Bertz CT molecular complexity index is 332. The van der Waals surface area contributed by atoms with E-state index in [-0.39, 0.29) is 30.7 Å². The van der Waals surface area contributed by atoms with Crippen LogP contribution in [0.1, 0.15) is 32.6 Å². The van der Waals surface area contributed by atoms with Crippen LogP contribution in [0.2, 0.25) is 0 Å². The minimum absolute atomic E-state index is 0.0346. The number of nitrogens with one attached hydrogen (secondary N) is 2. The van der Waals surface area contributed by atoms with Gasteiger partial charge in [0.2, 0.25) is 5.91 Å². The predicted molar refractivity (Wildman–Crippen MR) is 75.4 cm³/mol. The van der Waals surface area contributed by atoms with Gasteiger partial charge >= 0.3 is 12.0 Å². The van der Waals surface area contributed by atoms with Crippen LogP contribution in [0.3, 0.4) is 0 Å². The lowest BCUT2D eigenvalue weighted by molar-refractivity contribution is -0.137. The predicted octanol–water partition coefficient (Wildman–Crippen LogP) is 0.655. The molecule has 20 heavy (non-hydrogen) atoms. The molecule has 0 aliphatic heterocycles. The first kappa shape index (κ1) is 18.2. The smallest absolute Gasteiger partial charge is 0.314 e. The van der Waals surface area contributed by atoms with Gasteiger partial charge in [-0.15, -0.1) is 0 Å². The zero-order chi connectivity index (χ0) is 15.5. The second-order valence-corrected chi connectivity index (χ2v) is 5.05. The molecule has 0 saturated carbocycles. The minimum atomic E-state index is -0.798. The summed E-state index contributed by atoms with van der Waals surface area (Å²) >= 11 is 0. The summed E-state index contributed by atoms with van der Waals surface area (Å²) in [5.74, 6) is -0.581. The second-order valence-electron chi connectivity index (χ2n) is 5.05. The van der Waals surface area contributed by atoms with E-state index >= 15 is 0 Å². The Hall–Kier alpha value is -1.79. The molecule has 3 N–H and O–H groups in total. The molecule has 0 saturated heterocycles. The van der Waals surface area contributed by atoms with E-state index in [0.717, 1.165) is 6.42 Å². The number of amides is 3. The lowest BCUT2D eigenvalue weighted by atomic mass is 10.0. The molecule has 3 amide bonds. The fraction of sp³-hybridized carbons (Fsp3) is 0.769. The van der Waals surface area contributed by atoms with E-state index in [1.807, 2.05) is 6.92 Å². The zero-order valence-electron chi connectivity index (χ0n) is 12.4. The molecule has 0 aliphatic carbocycles. The summed E-state index contributed by atoms with van der Waals surface area (Å²) in [4.78, 5) is 34.5. The highest BCUT2D eigenvalue weighted by molar-refractivity contribution is 5.77. The number of hydrogen-bond acceptors (Lipinski definition) is 3. The van der Waals surface area contributed by atoms with Crippen molar-refractivity contribution in [2.24, 2.45) is 5.92 Å². The quantitative estimate of drug-likeness (QED) is 0.580. The Labute approximate surface area is 119 Å². The maximum Gasteiger partial charge on any atom is 0.314 e. The number of carboxylic acids is 1. The van der Waals surface area contributed by atoms with Crippen molar-refractivity contribution in [2.45, 2.75) is 32.6 Å². The van der Waals surface area contributed by atoms with Gasteiger partial charge in [-0.25, -0.2) is 4.79 Å². The lowest BCUT2D eigenvalue weighted by Crippen LogP contribution is -2.38. The number of urea groups is 1. The number of aliphatic carboxylic acids is 1. The maximum absolute atomic E-state index is 11.4. The van der Waals surface area contributed by atoms with Crippen molar-refractivity contribution in [3.8, 4) is 0 Å². The Morgan fingerprint density at radius 1 is 1.05 bits per heavy atom. The van der Waals surface area contributed by atoms with Crippen molar-refractivity contribution in [1.29, 1.82) is 0 Å². The summed E-state index contributed by atoms with van der Waals surface area (Å²) in [5, 5.41) is 13.8. The molecule has 0 rings (SSSR count). The Balaban J connectivity index is 3.58. The average Bonchev–Trinajstić information content (AvgIpc) is 2.36. The molecule has 0 spiro atoms. The van der Waals surface area contributed by atoms with Gasteiger partial charge < -0.3 is 20.6 Å². The Kier molecular flexibility index (Phi) is 9.15. The Morgan fingerprint density at radius 2 is 1.65 bits per heavy atom. The van der Waals surface area contributed by atoms with Crippen LogP contribution in [-0.2, 0) is 9.59 Å². The highest BCUT2D eigenvalue weighted by atomic mass is 16.4. The molecule has 116 valence electrons. The number of carboxylic acid groups (broad SMARTS) is 1. The molecule has 0 aromatic heterocycles. The van der Waals surface area contributed by atoms with Crippen LogP contribution in [-0.4, -0.2) is 55.1 Å². The summed E-state index contributed by atoms with van der Waals surface area (Å²) in [6.45, 7) is 2.75. The highest BCUT2D eigenvalue weighted by Gasteiger charge is 2.07. The first-order valence-electron chi connectivity index (χ1n) is 6.76. The van der Waals surface area contributed by atoms with E-state index in [9.17, 15) is 14.4 Å². The number of hydrogen-bond donors (Lipinski definition) is 3. The fourth-order valence-corrected chi connectivity index (χ4v) is 1.52. The third kappa shape index (κ3) is 10.2. The normalized spacial score (nSPS) is 11.6. The molecule has 0 fully saturated rings. The molecule has 7 heteroatoms. The number of carbonyl (C=O) groups excluding carboxylic acids is 2. The van der Waals surface area contributed by atoms with Crippen molar-refractivity contribution in [3.05, 3.63) is 0 Å². The molecule has 0 heterocycles. The SMILES string of the molecule is CC(CCNC(=O)NCCC(=O)N(C)C)CCC(=O)O. The summed E-state index contributed by atoms with van der Waals surface area (Å²) in [6, 6.07) is -0.304. The van der Waals surface area contributed by atoms with Crippen molar-refractivity contribution in [3.63, 3.8) is 0 Å². The van der Waals surface area contributed by atoms with Gasteiger partial charge in [0.05, 0.1) is 0 Å². The molecule has 0 aliphatic rings. The minimum Gasteiger partial charge on any atom is -0.481 e. The van der Waals surface area contributed by atoms with E-state index in [2.05, 4.69) is 10.6 Å². The largest absolute Gasteiger partial charge is 0.481 e. The van der Waals surface area contributed by atoms with Gasteiger partial charge in [0, 0.05) is 40.0 Å². The Morgan fingerprint density at radius 3 is 2.20 bits per heavy atom. The van der Waals surface area contributed by atoms with Gasteiger partial charge in [0.25, 0.3) is 0 Å². The van der Waals surface area contributed by atoms with Gasteiger partial charge in [-0.3, -0.25) is 9.59 Å². The summed E-state index contributed by atoms with van der Waals surface area (Å²) < 4.78 is 0. The van der Waals surface area contributed by atoms with E-state index in [4.69, 9.17) is 5.11 Å². The van der Waals surface area contributed by atoms with Crippen molar-refractivity contribution < 1.29 is 19.5 Å². The van der Waals surface area contributed by atoms with E-state index in [0.29, 0.717) is 19.5 Å². The molecule has 1 atom stereocenters. The van der Waals surface area contributed by atoms with Gasteiger partial charge in [-0.2, -0.15) is 0 Å². The third-order valence-corrected chi connectivity index (χ3v) is 2.90. The second kappa shape index (κ2) is 10.1. The maximum atomic E-state index is 11.4.